The van der Waals surface area contributed by atoms with Crippen LogP contribution in [0.15, 0.2) is 71.7 Å². The molecule has 0 aliphatic carbocycles. The molecule has 7 nitrogen and oxygen atoms in total. The molecule has 34 heavy (non-hydrogen) atoms. The van der Waals surface area contributed by atoms with Crippen molar-refractivity contribution in [2.45, 2.75) is 25.6 Å². The predicted molar refractivity (Wildman–Crippen MR) is 130 cm³/mol. The summed E-state index contributed by atoms with van der Waals surface area (Å²) in [5.74, 6) is 0.925. The molecule has 176 valence electrons. The van der Waals surface area contributed by atoms with Crippen molar-refractivity contribution < 1.29 is 24.1 Å². The molecule has 0 fully saturated rings. The second-order valence-corrected chi connectivity index (χ2v) is 7.87. The van der Waals surface area contributed by atoms with Gasteiger partial charge in [0, 0.05) is 23.7 Å². The van der Waals surface area contributed by atoms with Gasteiger partial charge in [-0.1, -0.05) is 36.4 Å². The number of carbonyl (C=O) groups is 1. The maximum Gasteiger partial charge on any atom is 0.337 e. The average Bonchev–Trinajstić information content (AvgIpc) is 2.89. The van der Waals surface area contributed by atoms with Crippen LogP contribution in [-0.2, 0) is 4.74 Å². The van der Waals surface area contributed by atoms with Crippen LogP contribution in [0.1, 0.15) is 52.6 Å². The molecule has 0 aromatic heterocycles. The fourth-order valence-electron chi connectivity index (χ4n) is 4.07. The topological polar surface area (TPSA) is 89.4 Å². The molecule has 0 amide bonds. The lowest BCUT2D eigenvalue weighted by Crippen LogP contribution is -2.33. The number of aliphatic imine (C=N–C) groups is 1. The molecule has 0 saturated heterocycles. The van der Waals surface area contributed by atoms with Gasteiger partial charge in [0.15, 0.2) is 11.5 Å². The van der Waals surface area contributed by atoms with Gasteiger partial charge in [0.1, 0.15) is 11.9 Å². The molecule has 0 radical (unpaired) electrons. The van der Waals surface area contributed by atoms with Crippen molar-refractivity contribution in [3.8, 4) is 17.2 Å². The van der Waals surface area contributed by atoms with Gasteiger partial charge >= 0.3 is 5.97 Å². The molecule has 0 bridgehead atoms. The van der Waals surface area contributed by atoms with Crippen LogP contribution >= 0.6 is 0 Å². The van der Waals surface area contributed by atoms with E-state index in [9.17, 15) is 9.90 Å². The number of aromatic hydroxyl groups is 1. The van der Waals surface area contributed by atoms with Gasteiger partial charge < -0.3 is 19.3 Å². The average molecular weight is 461 g/mol. The van der Waals surface area contributed by atoms with Crippen LogP contribution in [0.25, 0.3) is 0 Å². The molecule has 1 aliphatic heterocycles. The van der Waals surface area contributed by atoms with Crippen LogP contribution in [-0.4, -0.2) is 37.6 Å². The van der Waals surface area contributed by atoms with Gasteiger partial charge in [-0.3, -0.25) is 10.3 Å². The Morgan fingerprint density at radius 2 is 1.85 bits per heavy atom. The summed E-state index contributed by atoms with van der Waals surface area (Å²) in [5, 5.41) is 14.5. The lowest BCUT2D eigenvalue weighted by atomic mass is 9.93. The number of methoxy groups -OCH3 is 2. The molecule has 0 spiro atoms. The highest BCUT2D eigenvalue weighted by molar-refractivity contribution is 6.02. The van der Waals surface area contributed by atoms with E-state index in [1.807, 2.05) is 55.5 Å². The molecule has 0 unspecified atom stereocenters. The second kappa shape index (κ2) is 10.4. The first-order valence-corrected chi connectivity index (χ1v) is 11.1. The van der Waals surface area contributed by atoms with Gasteiger partial charge in [0.25, 0.3) is 0 Å². The Bertz CT molecular complexity index is 1190. The third-order valence-corrected chi connectivity index (χ3v) is 5.80. The molecule has 2 atom stereocenters. The number of benzene rings is 3. The minimum Gasteiger partial charge on any atom is -0.504 e. The van der Waals surface area contributed by atoms with Gasteiger partial charge in [0.2, 0.25) is 0 Å². The SMILES string of the molecule is CCOc1cccc([C@@H]2CC(c3cccc(OC)c3)=N[C@@H](c3ccc(C(=O)OC)cc3)N2)c1O. The summed E-state index contributed by atoms with van der Waals surface area (Å²) in [6.07, 6.45) is 0.175. The van der Waals surface area contributed by atoms with Crippen molar-refractivity contribution in [1.82, 2.24) is 5.32 Å². The maximum absolute atomic E-state index is 11.8. The maximum atomic E-state index is 11.8. The molecule has 0 saturated carbocycles. The number of phenolic OH excluding ortho intramolecular Hbond substituents is 1. The molecule has 4 rings (SSSR count). The van der Waals surface area contributed by atoms with Gasteiger partial charge in [-0.25, -0.2) is 4.79 Å². The predicted octanol–water partition coefficient (Wildman–Crippen LogP) is 4.81. The molecule has 1 heterocycles. The minimum atomic E-state index is -0.390. The number of hydrogen-bond acceptors (Lipinski definition) is 7. The Kier molecular flexibility index (Phi) is 7.13. The summed E-state index contributed by atoms with van der Waals surface area (Å²) in [6, 6.07) is 20.2. The van der Waals surface area contributed by atoms with E-state index >= 15 is 0 Å². The number of nitrogens with one attached hydrogen (secondary N) is 1. The van der Waals surface area contributed by atoms with Crippen molar-refractivity contribution >= 4 is 11.7 Å². The van der Waals surface area contributed by atoms with Gasteiger partial charge in [-0.2, -0.15) is 0 Å². The molecular weight excluding hydrogens is 432 g/mol. The van der Waals surface area contributed by atoms with Gasteiger partial charge in [0.05, 0.1) is 26.4 Å². The highest BCUT2D eigenvalue weighted by atomic mass is 16.5. The molecule has 3 aromatic rings. The number of esters is 1. The van der Waals surface area contributed by atoms with Crippen molar-refractivity contribution in [3.05, 3.63) is 89.0 Å². The first-order valence-electron chi connectivity index (χ1n) is 11.1. The van der Waals surface area contributed by atoms with E-state index in [1.165, 1.54) is 7.11 Å². The minimum absolute atomic E-state index is 0.119. The third kappa shape index (κ3) is 4.89. The standard InChI is InChI=1S/C27H28N2O5/c1-4-34-24-10-6-9-21(25(24)30)23-16-22(19-7-5-8-20(15-19)32-2)28-26(29-23)17-11-13-18(14-12-17)27(31)33-3/h5-15,23,26,29-30H,4,16H2,1-3H3/t23-,26+/m0/s1. The summed E-state index contributed by atoms with van der Waals surface area (Å²) < 4.78 is 15.8. The van der Waals surface area contributed by atoms with Crippen molar-refractivity contribution in [1.29, 1.82) is 0 Å². The molecule has 3 aromatic carbocycles. The first-order chi connectivity index (χ1) is 16.5. The van der Waals surface area contributed by atoms with Gasteiger partial charge in [-0.05, 0) is 48.4 Å². The van der Waals surface area contributed by atoms with E-state index in [-0.39, 0.29) is 23.9 Å². The zero-order chi connectivity index (χ0) is 24.1. The Labute approximate surface area is 199 Å². The molecule has 1 aliphatic rings. The third-order valence-electron chi connectivity index (χ3n) is 5.80. The molecule has 7 heteroatoms. The fourth-order valence-corrected chi connectivity index (χ4v) is 4.07. The number of nitrogens with zero attached hydrogens (tertiary/aromatic N) is 1. The van der Waals surface area contributed by atoms with E-state index in [0.717, 1.165) is 28.2 Å². The Morgan fingerprint density at radius 3 is 2.56 bits per heavy atom. The summed E-state index contributed by atoms with van der Waals surface area (Å²) in [7, 11) is 2.99. The highest BCUT2D eigenvalue weighted by Gasteiger charge is 2.29. The first kappa shape index (κ1) is 23.3. The van der Waals surface area contributed by atoms with E-state index in [0.29, 0.717) is 24.3 Å². The number of carbonyl (C=O) groups excluding carboxylic acids is 1. The van der Waals surface area contributed by atoms with Crippen LogP contribution in [0.2, 0.25) is 0 Å². The van der Waals surface area contributed by atoms with E-state index in [1.54, 1.807) is 25.3 Å². The Balaban J connectivity index is 1.74. The Morgan fingerprint density at radius 1 is 1.09 bits per heavy atom. The zero-order valence-electron chi connectivity index (χ0n) is 19.4. The van der Waals surface area contributed by atoms with Gasteiger partial charge in [-0.15, -0.1) is 0 Å². The lowest BCUT2D eigenvalue weighted by Gasteiger charge is -2.31. The summed E-state index contributed by atoms with van der Waals surface area (Å²) in [6.45, 7) is 2.34. The van der Waals surface area contributed by atoms with E-state index in [4.69, 9.17) is 19.2 Å². The Hall–Kier alpha value is -3.84. The zero-order valence-corrected chi connectivity index (χ0v) is 19.4. The number of hydrogen-bond donors (Lipinski definition) is 2. The quantitative estimate of drug-likeness (QED) is 0.492. The van der Waals surface area contributed by atoms with Crippen LogP contribution in [0.4, 0.5) is 0 Å². The van der Waals surface area contributed by atoms with Crippen molar-refractivity contribution in [2.75, 3.05) is 20.8 Å². The fraction of sp³-hybridized carbons (Fsp3) is 0.259. The van der Waals surface area contributed by atoms with E-state index in [2.05, 4.69) is 5.32 Å². The number of phenols is 1. The lowest BCUT2D eigenvalue weighted by molar-refractivity contribution is 0.0600. The monoisotopic (exact) mass is 460 g/mol. The van der Waals surface area contributed by atoms with Crippen LogP contribution in [0, 0.1) is 0 Å². The summed E-state index contributed by atoms with van der Waals surface area (Å²) >= 11 is 0. The number of rotatable bonds is 7. The second-order valence-electron chi connectivity index (χ2n) is 7.87. The normalized spacial score (nSPS) is 17.6. The van der Waals surface area contributed by atoms with Crippen molar-refractivity contribution in [2.24, 2.45) is 4.99 Å². The van der Waals surface area contributed by atoms with E-state index < -0.39 is 0 Å². The number of para-hydroxylation sites is 1. The summed E-state index contributed by atoms with van der Waals surface area (Å²) in [4.78, 5) is 16.8. The van der Waals surface area contributed by atoms with Crippen molar-refractivity contribution in [3.63, 3.8) is 0 Å². The van der Waals surface area contributed by atoms with Crippen LogP contribution < -0.4 is 14.8 Å². The summed E-state index contributed by atoms with van der Waals surface area (Å²) in [5.41, 5.74) is 3.92. The largest absolute Gasteiger partial charge is 0.504 e. The van der Waals surface area contributed by atoms with Crippen LogP contribution in [0.3, 0.4) is 0 Å². The highest BCUT2D eigenvalue weighted by Crippen LogP contribution is 2.39. The number of ether oxygens (including phenoxy) is 3. The van der Waals surface area contributed by atoms with Crippen LogP contribution in [0.5, 0.6) is 17.2 Å². The molecular formula is C27H28N2O5. The molecule has 2 N–H and O–H groups in total. The smallest absolute Gasteiger partial charge is 0.337 e.